The van der Waals surface area contributed by atoms with Gasteiger partial charge < -0.3 is 10.2 Å². The molecule has 4 aromatic rings. The Bertz CT molecular complexity index is 1590. The van der Waals surface area contributed by atoms with Gasteiger partial charge in [-0.25, -0.2) is 8.42 Å². The van der Waals surface area contributed by atoms with Crippen LogP contribution in [-0.2, 0) is 32.6 Å². The topological polar surface area (TPSA) is 86.8 Å². The van der Waals surface area contributed by atoms with Crippen LogP contribution in [0, 0.1) is 0 Å². The van der Waals surface area contributed by atoms with Crippen molar-refractivity contribution in [1.29, 1.82) is 0 Å². The second-order valence-electron chi connectivity index (χ2n) is 9.23. The van der Waals surface area contributed by atoms with E-state index in [1.54, 1.807) is 66.7 Å². The molecule has 0 aliphatic carbocycles. The van der Waals surface area contributed by atoms with E-state index in [4.69, 9.17) is 11.6 Å². The van der Waals surface area contributed by atoms with Crippen molar-refractivity contribution in [1.82, 2.24) is 10.2 Å². The molecule has 41 heavy (non-hydrogen) atoms. The van der Waals surface area contributed by atoms with E-state index in [1.165, 1.54) is 24.1 Å². The van der Waals surface area contributed by atoms with Crippen LogP contribution < -0.4 is 9.62 Å². The average molecular weight is 655 g/mol. The standard InChI is InChI=1S/C31H29BrClN3O4S/c1-34-31(38)29(20-23-10-4-2-5-11-23)35(21-24-12-8-9-15-28(24)33)30(37)22-36(26-18-16-25(32)17-19-26)41(39,40)27-13-6-3-7-14-27/h2-19,29H,20-22H2,1H3,(H,34,38)/t29-/m0/s1. The zero-order valence-corrected chi connectivity index (χ0v) is 25.4. The van der Waals surface area contributed by atoms with Crippen molar-refractivity contribution in [3.05, 3.63) is 130 Å². The van der Waals surface area contributed by atoms with Gasteiger partial charge in [0.2, 0.25) is 11.8 Å². The fourth-order valence-electron chi connectivity index (χ4n) is 4.39. The van der Waals surface area contributed by atoms with Crippen LogP contribution in [0.1, 0.15) is 11.1 Å². The second kappa shape index (κ2) is 13.8. The summed E-state index contributed by atoms with van der Waals surface area (Å²) in [4.78, 5) is 28.9. The molecule has 0 aliphatic heterocycles. The van der Waals surface area contributed by atoms with Gasteiger partial charge in [0.05, 0.1) is 10.6 Å². The van der Waals surface area contributed by atoms with E-state index in [-0.39, 0.29) is 23.8 Å². The van der Waals surface area contributed by atoms with Gasteiger partial charge >= 0.3 is 0 Å². The van der Waals surface area contributed by atoms with Gasteiger partial charge in [-0.3, -0.25) is 13.9 Å². The highest BCUT2D eigenvalue weighted by Crippen LogP contribution is 2.27. The number of hydrogen-bond donors (Lipinski definition) is 1. The number of rotatable bonds is 11. The summed E-state index contributed by atoms with van der Waals surface area (Å²) in [6, 6.07) is 30.1. The third-order valence-electron chi connectivity index (χ3n) is 6.54. The Kier molecular flexibility index (Phi) is 10.2. The first-order valence-corrected chi connectivity index (χ1v) is 15.4. The van der Waals surface area contributed by atoms with Crippen molar-refractivity contribution in [3.8, 4) is 0 Å². The highest BCUT2D eigenvalue weighted by atomic mass is 79.9. The van der Waals surface area contributed by atoms with E-state index in [1.807, 2.05) is 30.3 Å². The lowest BCUT2D eigenvalue weighted by molar-refractivity contribution is -0.139. The first kappa shape index (κ1) is 30.3. The van der Waals surface area contributed by atoms with Crippen molar-refractivity contribution in [2.75, 3.05) is 17.9 Å². The number of amides is 2. The molecule has 0 heterocycles. The minimum absolute atomic E-state index is 0.00297. The van der Waals surface area contributed by atoms with Crippen LogP contribution in [0.15, 0.2) is 119 Å². The quantitative estimate of drug-likeness (QED) is 0.225. The smallest absolute Gasteiger partial charge is 0.264 e. The molecule has 0 fully saturated rings. The molecule has 212 valence electrons. The normalized spacial score (nSPS) is 11.9. The molecule has 0 aromatic heterocycles. The summed E-state index contributed by atoms with van der Waals surface area (Å²) in [6.07, 6.45) is 0.223. The number of carbonyl (C=O) groups is 2. The van der Waals surface area contributed by atoms with Gasteiger partial charge in [0, 0.05) is 29.5 Å². The van der Waals surface area contributed by atoms with Crippen molar-refractivity contribution >= 4 is 55.1 Å². The number of nitrogens with zero attached hydrogens (tertiary/aromatic N) is 2. The van der Waals surface area contributed by atoms with Crippen LogP contribution in [0.3, 0.4) is 0 Å². The molecule has 4 rings (SSSR count). The van der Waals surface area contributed by atoms with Gasteiger partial charge in [-0.2, -0.15) is 0 Å². The van der Waals surface area contributed by atoms with Crippen LogP contribution in [0.5, 0.6) is 0 Å². The minimum Gasteiger partial charge on any atom is -0.357 e. The maximum absolute atomic E-state index is 14.2. The number of sulfonamides is 1. The number of likely N-dealkylation sites (N-methyl/N-ethyl adjacent to an activating group) is 1. The lowest BCUT2D eigenvalue weighted by atomic mass is 10.0. The highest BCUT2D eigenvalue weighted by molar-refractivity contribution is 9.10. The SMILES string of the molecule is CNC(=O)[C@H](Cc1ccccc1)N(Cc1ccccc1Cl)C(=O)CN(c1ccc(Br)cc1)S(=O)(=O)c1ccccc1. The first-order chi connectivity index (χ1) is 19.7. The van der Waals surface area contributed by atoms with E-state index in [9.17, 15) is 18.0 Å². The Labute approximate surface area is 253 Å². The molecule has 4 aromatic carbocycles. The van der Waals surface area contributed by atoms with Gasteiger partial charge in [0.15, 0.2) is 0 Å². The van der Waals surface area contributed by atoms with Crippen LogP contribution in [-0.4, -0.2) is 44.8 Å². The largest absolute Gasteiger partial charge is 0.357 e. The molecule has 0 aliphatic rings. The lowest BCUT2D eigenvalue weighted by Crippen LogP contribution is -2.53. The second-order valence-corrected chi connectivity index (χ2v) is 12.4. The molecule has 0 bridgehead atoms. The summed E-state index contributed by atoms with van der Waals surface area (Å²) in [5.41, 5.74) is 1.79. The van der Waals surface area contributed by atoms with Crippen LogP contribution >= 0.6 is 27.5 Å². The summed E-state index contributed by atoms with van der Waals surface area (Å²) in [6.45, 7) is -0.533. The van der Waals surface area contributed by atoms with Crippen molar-refractivity contribution in [2.45, 2.75) is 23.9 Å². The Morgan fingerprint density at radius 3 is 2.05 bits per heavy atom. The third kappa shape index (κ3) is 7.55. The van der Waals surface area contributed by atoms with Gasteiger partial charge in [-0.05, 0) is 53.6 Å². The van der Waals surface area contributed by atoms with Crippen molar-refractivity contribution in [3.63, 3.8) is 0 Å². The molecular formula is C31H29BrClN3O4S. The summed E-state index contributed by atoms with van der Waals surface area (Å²) >= 11 is 9.85. The van der Waals surface area contributed by atoms with E-state index < -0.39 is 28.5 Å². The maximum Gasteiger partial charge on any atom is 0.264 e. The fourth-order valence-corrected chi connectivity index (χ4v) is 6.28. The summed E-state index contributed by atoms with van der Waals surface area (Å²) in [7, 11) is -2.64. The monoisotopic (exact) mass is 653 g/mol. The van der Waals surface area contributed by atoms with Crippen LogP contribution in [0.25, 0.3) is 0 Å². The van der Waals surface area contributed by atoms with Gasteiger partial charge in [-0.15, -0.1) is 0 Å². The van der Waals surface area contributed by atoms with Crippen LogP contribution in [0.4, 0.5) is 5.69 Å². The molecule has 0 radical (unpaired) electrons. The van der Waals surface area contributed by atoms with Crippen molar-refractivity contribution < 1.29 is 18.0 Å². The summed E-state index contributed by atoms with van der Waals surface area (Å²) < 4.78 is 29.6. The predicted octanol–water partition coefficient (Wildman–Crippen LogP) is 5.68. The van der Waals surface area contributed by atoms with Gasteiger partial charge in [0.1, 0.15) is 12.6 Å². The number of hydrogen-bond acceptors (Lipinski definition) is 4. The zero-order chi connectivity index (χ0) is 29.4. The van der Waals surface area contributed by atoms with Crippen molar-refractivity contribution in [2.24, 2.45) is 0 Å². The minimum atomic E-state index is -4.14. The third-order valence-corrected chi connectivity index (χ3v) is 9.23. The van der Waals surface area contributed by atoms with Gasteiger partial charge in [0.25, 0.3) is 10.0 Å². The Morgan fingerprint density at radius 1 is 0.854 bits per heavy atom. The number of nitrogens with one attached hydrogen (secondary N) is 1. The Balaban J connectivity index is 1.78. The molecule has 2 amide bonds. The van der Waals surface area contributed by atoms with E-state index in [2.05, 4.69) is 21.2 Å². The maximum atomic E-state index is 14.2. The zero-order valence-electron chi connectivity index (χ0n) is 22.3. The molecular weight excluding hydrogens is 626 g/mol. The van der Waals surface area contributed by atoms with E-state index in [0.29, 0.717) is 16.3 Å². The first-order valence-electron chi connectivity index (χ1n) is 12.8. The molecule has 0 spiro atoms. The van der Waals surface area contributed by atoms with Crippen LogP contribution in [0.2, 0.25) is 5.02 Å². The fraction of sp³-hybridized carbons (Fsp3) is 0.161. The number of anilines is 1. The number of carbonyl (C=O) groups excluding carboxylic acids is 2. The summed E-state index contributed by atoms with van der Waals surface area (Å²) in [5.74, 6) is -0.938. The summed E-state index contributed by atoms with van der Waals surface area (Å²) in [5, 5.41) is 3.10. The molecule has 10 heteroatoms. The average Bonchev–Trinajstić information content (AvgIpc) is 2.99. The van der Waals surface area contributed by atoms with E-state index in [0.717, 1.165) is 14.3 Å². The van der Waals surface area contributed by atoms with Gasteiger partial charge in [-0.1, -0.05) is 94.3 Å². The Morgan fingerprint density at radius 2 is 1.44 bits per heavy atom. The molecule has 1 atom stereocenters. The molecule has 0 saturated carbocycles. The highest BCUT2D eigenvalue weighted by Gasteiger charge is 2.34. The van der Waals surface area contributed by atoms with E-state index >= 15 is 0 Å². The number of benzene rings is 4. The molecule has 1 N–H and O–H groups in total. The molecule has 0 unspecified atom stereocenters. The predicted molar refractivity (Wildman–Crippen MR) is 165 cm³/mol. The number of halogens is 2. The Hall–Kier alpha value is -3.66. The molecule has 0 saturated heterocycles. The lowest BCUT2D eigenvalue weighted by Gasteiger charge is -2.33. The molecule has 7 nitrogen and oxygen atoms in total.